The second-order valence-electron chi connectivity index (χ2n) is 4.33. The van der Waals surface area contributed by atoms with Crippen molar-refractivity contribution in [3.05, 3.63) is 45.9 Å². The molecule has 90 valence electrons. The minimum atomic E-state index is -0.277. The van der Waals surface area contributed by atoms with Gasteiger partial charge in [0, 0.05) is 21.5 Å². The first kappa shape index (κ1) is 11.3. The zero-order valence-electron chi connectivity index (χ0n) is 10.2. The van der Waals surface area contributed by atoms with Crippen LogP contribution in [0.15, 0.2) is 29.1 Å². The van der Waals surface area contributed by atoms with Gasteiger partial charge in [-0.1, -0.05) is 18.6 Å². The van der Waals surface area contributed by atoms with E-state index in [0.29, 0.717) is 0 Å². The third kappa shape index (κ3) is 1.69. The maximum Gasteiger partial charge on any atom is 0.288 e. The second-order valence-corrected chi connectivity index (χ2v) is 5.38. The molecule has 0 fully saturated rings. The molecular formula is C14H12N2OS. The first-order valence-corrected chi connectivity index (χ1v) is 6.70. The summed E-state index contributed by atoms with van der Waals surface area (Å²) in [6.07, 6.45) is 0.781. The van der Waals surface area contributed by atoms with Gasteiger partial charge in [-0.05, 0) is 25.5 Å². The van der Waals surface area contributed by atoms with Gasteiger partial charge >= 0.3 is 0 Å². The van der Waals surface area contributed by atoms with Crippen molar-refractivity contribution in [1.82, 2.24) is 10.2 Å². The Hall–Kier alpha value is -1.81. The van der Waals surface area contributed by atoms with E-state index in [-0.39, 0.29) is 5.56 Å². The maximum atomic E-state index is 11.6. The predicted molar refractivity (Wildman–Crippen MR) is 75.3 cm³/mol. The average molecular weight is 256 g/mol. The highest BCUT2D eigenvalue weighted by atomic mass is 32.1. The Morgan fingerprint density at radius 3 is 2.78 bits per heavy atom. The Balaban J connectivity index is 2.60. The van der Waals surface area contributed by atoms with Crippen LogP contribution in [-0.4, -0.2) is 10.2 Å². The zero-order chi connectivity index (χ0) is 12.7. The van der Waals surface area contributed by atoms with Gasteiger partial charge in [0.2, 0.25) is 0 Å². The number of rotatable bonds is 1. The number of aryl methyl sites for hydroxylation is 2. The fraction of sp³-hybridized carbons (Fsp3) is 0.214. The van der Waals surface area contributed by atoms with Gasteiger partial charge in [-0.25, -0.2) is 0 Å². The molecule has 18 heavy (non-hydrogen) atoms. The minimum absolute atomic E-state index is 0.277. The van der Waals surface area contributed by atoms with Gasteiger partial charge in [0.25, 0.3) is 5.56 Å². The molecule has 3 rings (SSSR count). The summed E-state index contributed by atoms with van der Waals surface area (Å²) in [6, 6.07) is 7.91. The van der Waals surface area contributed by atoms with Gasteiger partial charge in [-0.15, -0.1) is 16.4 Å². The van der Waals surface area contributed by atoms with Crippen LogP contribution < -0.4 is 5.56 Å². The molecule has 0 radical (unpaired) electrons. The molecule has 2 heterocycles. The molecule has 3 aromatic rings. The summed E-state index contributed by atoms with van der Waals surface area (Å²) in [6.45, 7) is 4.09. The molecule has 0 aliphatic rings. The molecule has 0 spiro atoms. The molecule has 0 aliphatic heterocycles. The summed E-state index contributed by atoms with van der Waals surface area (Å²) in [7, 11) is 0. The SMILES string of the molecule is CCc1nnc(=O)cc2c1sc1ccc(C)cc12. The van der Waals surface area contributed by atoms with Gasteiger partial charge in [-0.2, -0.15) is 5.10 Å². The van der Waals surface area contributed by atoms with Crippen LogP contribution in [0.25, 0.3) is 20.2 Å². The molecule has 0 saturated carbocycles. The van der Waals surface area contributed by atoms with Gasteiger partial charge < -0.3 is 0 Å². The third-order valence-electron chi connectivity index (χ3n) is 3.02. The van der Waals surface area contributed by atoms with Gasteiger partial charge in [0.15, 0.2) is 0 Å². The van der Waals surface area contributed by atoms with Crippen LogP contribution >= 0.6 is 11.3 Å². The lowest BCUT2D eigenvalue weighted by Gasteiger charge is -1.92. The van der Waals surface area contributed by atoms with Crippen molar-refractivity contribution in [3.63, 3.8) is 0 Å². The number of fused-ring (bicyclic) bond motifs is 3. The van der Waals surface area contributed by atoms with Crippen LogP contribution in [-0.2, 0) is 6.42 Å². The number of hydrogen-bond acceptors (Lipinski definition) is 4. The van der Waals surface area contributed by atoms with Crippen LogP contribution in [0.3, 0.4) is 0 Å². The highest BCUT2D eigenvalue weighted by Crippen LogP contribution is 2.34. The van der Waals surface area contributed by atoms with Crippen LogP contribution in [0.2, 0.25) is 0 Å². The Morgan fingerprint density at radius 1 is 1.17 bits per heavy atom. The van der Waals surface area contributed by atoms with Gasteiger partial charge in [0.1, 0.15) is 0 Å². The van der Waals surface area contributed by atoms with E-state index >= 15 is 0 Å². The van der Waals surface area contributed by atoms with E-state index in [2.05, 4.69) is 35.3 Å². The van der Waals surface area contributed by atoms with Crippen LogP contribution in [0.5, 0.6) is 0 Å². The molecule has 0 unspecified atom stereocenters. The molecular weight excluding hydrogens is 244 g/mol. The second kappa shape index (κ2) is 4.14. The third-order valence-corrected chi connectivity index (χ3v) is 4.25. The quantitative estimate of drug-likeness (QED) is 0.672. The van der Waals surface area contributed by atoms with Crippen LogP contribution in [0.1, 0.15) is 18.2 Å². The number of benzene rings is 1. The molecule has 2 aromatic heterocycles. The van der Waals surface area contributed by atoms with Crippen molar-refractivity contribution in [1.29, 1.82) is 0 Å². The standard InChI is InChI=1S/C14H12N2OS/c1-3-11-14-10(7-13(17)16-15-11)9-6-8(2)4-5-12(9)18-14/h4-7H,3H2,1-2H3. The molecule has 0 amide bonds. The minimum Gasteiger partial charge on any atom is -0.266 e. The number of nitrogens with zero attached hydrogens (tertiary/aromatic N) is 2. The fourth-order valence-electron chi connectivity index (χ4n) is 2.13. The lowest BCUT2D eigenvalue weighted by atomic mass is 10.1. The van der Waals surface area contributed by atoms with E-state index in [1.807, 2.05) is 6.92 Å². The fourth-order valence-corrected chi connectivity index (χ4v) is 3.34. The number of hydrogen-bond donors (Lipinski definition) is 0. The van der Waals surface area contributed by atoms with Crippen molar-refractivity contribution in [2.75, 3.05) is 0 Å². The zero-order valence-corrected chi connectivity index (χ0v) is 11.0. The molecule has 3 nitrogen and oxygen atoms in total. The summed E-state index contributed by atoms with van der Waals surface area (Å²) in [5.74, 6) is 0. The summed E-state index contributed by atoms with van der Waals surface area (Å²) in [5.41, 5.74) is 1.81. The normalized spacial score (nSPS) is 11.2. The van der Waals surface area contributed by atoms with Gasteiger partial charge in [0.05, 0.1) is 10.4 Å². The molecule has 1 aromatic carbocycles. The summed E-state index contributed by atoms with van der Waals surface area (Å²) in [4.78, 5) is 11.6. The number of thiophene rings is 1. The Labute approximate surface area is 108 Å². The van der Waals surface area contributed by atoms with Crippen molar-refractivity contribution in [3.8, 4) is 0 Å². The van der Waals surface area contributed by atoms with E-state index in [9.17, 15) is 4.79 Å². The van der Waals surface area contributed by atoms with E-state index in [1.54, 1.807) is 17.4 Å². The first-order chi connectivity index (χ1) is 8.69. The molecule has 0 saturated heterocycles. The Kier molecular flexibility index (Phi) is 2.59. The summed E-state index contributed by atoms with van der Waals surface area (Å²) >= 11 is 1.68. The van der Waals surface area contributed by atoms with E-state index in [4.69, 9.17) is 0 Å². The van der Waals surface area contributed by atoms with E-state index in [0.717, 1.165) is 27.6 Å². The topological polar surface area (TPSA) is 42.9 Å². The molecule has 0 bridgehead atoms. The van der Waals surface area contributed by atoms with Crippen LogP contribution in [0, 0.1) is 6.92 Å². The van der Waals surface area contributed by atoms with Crippen molar-refractivity contribution >= 4 is 31.5 Å². The lowest BCUT2D eigenvalue weighted by molar-refractivity contribution is 0.931. The average Bonchev–Trinajstić information content (AvgIpc) is 2.61. The molecule has 0 atom stereocenters. The van der Waals surface area contributed by atoms with Crippen molar-refractivity contribution in [2.45, 2.75) is 20.3 Å². The van der Waals surface area contributed by atoms with E-state index in [1.165, 1.54) is 10.3 Å². The Bertz CT molecular complexity index is 808. The number of aromatic nitrogens is 2. The van der Waals surface area contributed by atoms with E-state index < -0.39 is 0 Å². The molecule has 4 heteroatoms. The van der Waals surface area contributed by atoms with Gasteiger partial charge in [-0.3, -0.25) is 4.79 Å². The monoisotopic (exact) mass is 256 g/mol. The molecule has 0 aliphatic carbocycles. The molecule has 0 N–H and O–H groups in total. The predicted octanol–water partition coefficient (Wildman–Crippen LogP) is 3.08. The highest BCUT2D eigenvalue weighted by Gasteiger charge is 2.09. The highest BCUT2D eigenvalue weighted by molar-refractivity contribution is 7.26. The maximum absolute atomic E-state index is 11.6. The summed E-state index contributed by atoms with van der Waals surface area (Å²) < 4.78 is 2.27. The lowest BCUT2D eigenvalue weighted by Crippen LogP contribution is -2.01. The van der Waals surface area contributed by atoms with Crippen molar-refractivity contribution < 1.29 is 0 Å². The van der Waals surface area contributed by atoms with Crippen LogP contribution in [0.4, 0.5) is 0 Å². The Morgan fingerprint density at radius 2 is 2.00 bits per heavy atom. The smallest absolute Gasteiger partial charge is 0.266 e. The first-order valence-electron chi connectivity index (χ1n) is 5.89. The van der Waals surface area contributed by atoms with Crippen molar-refractivity contribution in [2.24, 2.45) is 0 Å². The largest absolute Gasteiger partial charge is 0.288 e. The summed E-state index contributed by atoms with van der Waals surface area (Å²) in [5, 5.41) is 9.85.